The number of nitrogens with zero attached hydrogens (tertiary/aromatic N) is 2. The van der Waals surface area contributed by atoms with Crippen molar-refractivity contribution in [3.8, 4) is 0 Å². The summed E-state index contributed by atoms with van der Waals surface area (Å²) in [6.07, 6.45) is 5.35. The van der Waals surface area contributed by atoms with Gasteiger partial charge in [-0.3, -0.25) is 4.72 Å². The molecule has 2 heterocycles. The molecule has 0 atom stereocenters. The van der Waals surface area contributed by atoms with E-state index in [0.717, 1.165) is 18.8 Å². The second-order valence-corrected chi connectivity index (χ2v) is 7.63. The van der Waals surface area contributed by atoms with Crippen LogP contribution >= 0.6 is 11.6 Å². The van der Waals surface area contributed by atoms with Crippen molar-refractivity contribution in [2.24, 2.45) is 0 Å². The van der Waals surface area contributed by atoms with Crippen LogP contribution in [0.5, 0.6) is 0 Å². The summed E-state index contributed by atoms with van der Waals surface area (Å²) in [7, 11) is -3.65. The van der Waals surface area contributed by atoms with Gasteiger partial charge in [-0.25, -0.2) is 13.4 Å². The average molecular weight is 352 g/mol. The molecule has 1 N–H and O–H groups in total. The average Bonchev–Trinajstić information content (AvgIpc) is 2.56. The highest BCUT2D eigenvalue weighted by atomic mass is 35.5. The molecule has 1 aromatic heterocycles. The van der Waals surface area contributed by atoms with E-state index < -0.39 is 10.0 Å². The van der Waals surface area contributed by atoms with Gasteiger partial charge in [0.15, 0.2) is 0 Å². The van der Waals surface area contributed by atoms with Gasteiger partial charge in [-0.15, -0.1) is 0 Å². The molecule has 0 unspecified atom stereocenters. The van der Waals surface area contributed by atoms with Crippen LogP contribution in [0.15, 0.2) is 47.5 Å². The molecule has 7 heteroatoms. The number of halogens is 1. The second kappa shape index (κ2) is 6.76. The first-order valence-corrected chi connectivity index (χ1v) is 9.40. The van der Waals surface area contributed by atoms with Crippen molar-refractivity contribution in [3.05, 3.63) is 47.6 Å². The zero-order valence-electron chi connectivity index (χ0n) is 12.6. The summed E-state index contributed by atoms with van der Waals surface area (Å²) >= 11 is 5.78. The molecule has 1 aromatic carbocycles. The van der Waals surface area contributed by atoms with Gasteiger partial charge in [-0.05, 0) is 55.7 Å². The Kier molecular flexibility index (Phi) is 4.73. The minimum Gasteiger partial charge on any atom is -0.370 e. The van der Waals surface area contributed by atoms with Gasteiger partial charge >= 0.3 is 0 Å². The van der Waals surface area contributed by atoms with Crippen LogP contribution in [-0.2, 0) is 10.0 Å². The van der Waals surface area contributed by atoms with Crippen molar-refractivity contribution in [1.29, 1.82) is 0 Å². The molecular formula is C16H18ClN3O2S. The van der Waals surface area contributed by atoms with Crippen molar-refractivity contribution in [1.82, 2.24) is 4.98 Å². The zero-order chi connectivity index (χ0) is 16.3. The van der Waals surface area contributed by atoms with Crippen LogP contribution in [-0.4, -0.2) is 26.5 Å². The number of piperidine rings is 1. The standard InChI is InChI=1S/C16H18ClN3O2S/c17-13-4-7-15(8-5-13)23(21,22)19-16-9-6-14(12-18-16)20-10-2-1-3-11-20/h4-9,12H,1-3,10-11H2,(H,18,19). The molecule has 5 nitrogen and oxygen atoms in total. The van der Waals surface area contributed by atoms with Crippen LogP contribution in [0.25, 0.3) is 0 Å². The maximum Gasteiger partial charge on any atom is 0.263 e. The summed E-state index contributed by atoms with van der Waals surface area (Å²) < 4.78 is 27.1. The minimum atomic E-state index is -3.65. The number of pyridine rings is 1. The van der Waals surface area contributed by atoms with Gasteiger partial charge in [0.25, 0.3) is 10.0 Å². The van der Waals surface area contributed by atoms with Gasteiger partial charge in [0, 0.05) is 18.1 Å². The third-order valence-electron chi connectivity index (χ3n) is 3.83. The van der Waals surface area contributed by atoms with Gasteiger partial charge in [0.05, 0.1) is 16.8 Å². The van der Waals surface area contributed by atoms with Crippen LogP contribution in [0.4, 0.5) is 11.5 Å². The van der Waals surface area contributed by atoms with Crippen molar-refractivity contribution < 1.29 is 8.42 Å². The van der Waals surface area contributed by atoms with Gasteiger partial charge in [-0.1, -0.05) is 11.6 Å². The Morgan fingerprint density at radius 1 is 1.00 bits per heavy atom. The van der Waals surface area contributed by atoms with Crippen molar-refractivity contribution in [3.63, 3.8) is 0 Å². The quantitative estimate of drug-likeness (QED) is 0.915. The monoisotopic (exact) mass is 351 g/mol. The summed E-state index contributed by atoms with van der Waals surface area (Å²) in [6, 6.07) is 9.61. The molecule has 2 aromatic rings. The molecule has 0 aliphatic carbocycles. The fourth-order valence-electron chi connectivity index (χ4n) is 2.60. The lowest BCUT2D eigenvalue weighted by molar-refractivity contribution is 0.577. The first kappa shape index (κ1) is 16.1. The topological polar surface area (TPSA) is 62.3 Å². The Hall–Kier alpha value is -1.79. The van der Waals surface area contributed by atoms with E-state index in [-0.39, 0.29) is 4.90 Å². The molecule has 0 amide bonds. The molecule has 23 heavy (non-hydrogen) atoms. The zero-order valence-corrected chi connectivity index (χ0v) is 14.1. The summed E-state index contributed by atoms with van der Waals surface area (Å²) in [6.45, 7) is 2.05. The predicted octanol–water partition coefficient (Wildman–Crippen LogP) is 3.53. The molecule has 0 saturated carbocycles. The smallest absolute Gasteiger partial charge is 0.263 e. The Morgan fingerprint density at radius 2 is 1.70 bits per heavy atom. The molecule has 122 valence electrons. The van der Waals surface area contributed by atoms with Gasteiger partial charge in [-0.2, -0.15) is 0 Å². The molecule has 3 rings (SSSR count). The molecule has 0 bridgehead atoms. The van der Waals surface area contributed by atoms with E-state index in [1.54, 1.807) is 24.4 Å². The SMILES string of the molecule is O=S(=O)(Nc1ccc(N2CCCCC2)cn1)c1ccc(Cl)cc1. The van der Waals surface area contributed by atoms with Crippen LogP contribution in [0.3, 0.4) is 0 Å². The Bertz CT molecular complexity index is 755. The highest BCUT2D eigenvalue weighted by molar-refractivity contribution is 7.92. The van der Waals surface area contributed by atoms with E-state index in [1.165, 1.54) is 31.4 Å². The number of aromatic nitrogens is 1. The number of hydrogen-bond donors (Lipinski definition) is 1. The largest absolute Gasteiger partial charge is 0.370 e. The van der Waals surface area contributed by atoms with E-state index in [9.17, 15) is 8.42 Å². The Balaban J connectivity index is 1.73. The minimum absolute atomic E-state index is 0.156. The van der Waals surface area contributed by atoms with E-state index in [0.29, 0.717) is 10.8 Å². The molecule has 1 aliphatic rings. The lowest BCUT2D eigenvalue weighted by Crippen LogP contribution is -2.29. The highest BCUT2D eigenvalue weighted by Gasteiger charge is 2.15. The van der Waals surface area contributed by atoms with E-state index in [1.807, 2.05) is 6.07 Å². The van der Waals surface area contributed by atoms with Crippen LogP contribution in [0.1, 0.15) is 19.3 Å². The summed E-state index contributed by atoms with van der Waals surface area (Å²) in [5.41, 5.74) is 1.03. The van der Waals surface area contributed by atoms with Gasteiger partial charge < -0.3 is 4.90 Å². The predicted molar refractivity (Wildman–Crippen MR) is 92.6 cm³/mol. The highest BCUT2D eigenvalue weighted by Crippen LogP contribution is 2.21. The van der Waals surface area contributed by atoms with Gasteiger partial charge in [0.1, 0.15) is 5.82 Å². The number of anilines is 2. The second-order valence-electron chi connectivity index (χ2n) is 5.51. The third kappa shape index (κ3) is 3.95. The number of hydrogen-bond acceptors (Lipinski definition) is 4. The summed E-state index contributed by atoms with van der Waals surface area (Å²) in [5.74, 6) is 0.306. The molecule has 0 spiro atoms. The summed E-state index contributed by atoms with van der Waals surface area (Å²) in [4.78, 5) is 6.65. The summed E-state index contributed by atoms with van der Waals surface area (Å²) in [5, 5.41) is 0.493. The molecular weight excluding hydrogens is 334 g/mol. The Labute approximate surface area is 141 Å². The Morgan fingerprint density at radius 3 is 2.30 bits per heavy atom. The van der Waals surface area contributed by atoms with Crippen molar-refractivity contribution in [2.45, 2.75) is 24.2 Å². The van der Waals surface area contributed by atoms with Crippen LogP contribution in [0.2, 0.25) is 5.02 Å². The fourth-order valence-corrected chi connectivity index (χ4v) is 3.73. The first-order valence-electron chi connectivity index (χ1n) is 7.54. The van der Waals surface area contributed by atoms with Gasteiger partial charge in [0.2, 0.25) is 0 Å². The fraction of sp³-hybridized carbons (Fsp3) is 0.312. The number of benzene rings is 1. The maximum atomic E-state index is 12.3. The number of sulfonamides is 1. The van der Waals surface area contributed by atoms with E-state index in [2.05, 4.69) is 14.6 Å². The van der Waals surface area contributed by atoms with Crippen LogP contribution < -0.4 is 9.62 Å². The van der Waals surface area contributed by atoms with E-state index >= 15 is 0 Å². The van der Waals surface area contributed by atoms with Crippen molar-refractivity contribution in [2.75, 3.05) is 22.7 Å². The lowest BCUT2D eigenvalue weighted by Gasteiger charge is -2.28. The number of nitrogens with one attached hydrogen (secondary N) is 1. The lowest BCUT2D eigenvalue weighted by atomic mass is 10.1. The third-order valence-corrected chi connectivity index (χ3v) is 5.45. The van der Waals surface area contributed by atoms with Crippen molar-refractivity contribution >= 4 is 33.1 Å². The molecule has 1 fully saturated rings. The molecule has 0 radical (unpaired) electrons. The molecule has 1 saturated heterocycles. The molecule has 1 aliphatic heterocycles. The van der Waals surface area contributed by atoms with E-state index in [4.69, 9.17) is 11.6 Å². The maximum absolute atomic E-state index is 12.3. The van der Waals surface area contributed by atoms with Crippen LogP contribution in [0, 0.1) is 0 Å². The number of rotatable bonds is 4. The first-order chi connectivity index (χ1) is 11.0. The normalized spacial score (nSPS) is 15.4.